The molecular formula is C7H13BN3. The summed E-state index contributed by atoms with van der Waals surface area (Å²) in [4.78, 5) is 4.24. The number of hydrazine groups is 1. The molecule has 0 aromatic heterocycles. The minimum absolute atomic E-state index is 0.668. The molecule has 1 heterocycles. The van der Waals surface area contributed by atoms with E-state index in [1.165, 1.54) is 19.3 Å². The van der Waals surface area contributed by atoms with E-state index in [1.807, 2.05) is 0 Å². The third-order valence-electron chi connectivity index (χ3n) is 2.68. The van der Waals surface area contributed by atoms with Crippen molar-refractivity contribution in [2.45, 2.75) is 26.2 Å². The van der Waals surface area contributed by atoms with E-state index in [0.717, 1.165) is 11.8 Å². The molecule has 0 aromatic carbocycles. The Balaban J connectivity index is 2.03. The second kappa shape index (κ2) is 2.85. The summed E-state index contributed by atoms with van der Waals surface area (Å²) >= 11 is 0. The van der Waals surface area contributed by atoms with Crippen LogP contribution in [-0.2, 0) is 0 Å². The maximum Gasteiger partial charge on any atom is 0.391 e. The van der Waals surface area contributed by atoms with Gasteiger partial charge >= 0.3 is 7.55 Å². The maximum absolute atomic E-state index is 4.24. The molecular weight excluding hydrogens is 137 g/mol. The highest BCUT2D eigenvalue weighted by Gasteiger charge is 2.28. The third-order valence-corrected chi connectivity index (χ3v) is 2.68. The summed E-state index contributed by atoms with van der Waals surface area (Å²) in [6.07, 6.45) is 4.00. The molecule has 4 heteroatoms. The van der Waals surface area contributed by atoms with E-state index in [4.69, 9.17) is 0 Å². The molecule has 59 valence electrons. The van der Waals surface area contributed by atoms with Gasteiger partial charge in [0.2, 0.25) is 0 Å². The molecule has 2 aliphatic rings. The van der Waals surface area contributed by atoms with Crippen LogP contribution in [0.15, 0.2) is 4.90 Å². The first kappa shape index (κ1) is 7.16. The van der Waals surface area contributed by atoms with Crippen molar-refractivity contribution in [1.82, 2.24) is 10.8 Å². The molecule has 2 unspecified atom stereocenters. The Labute approximate surface area is 67.9 Å². The molecule has 0 saturated heterocycles. The van der Waals surface area contributed by atoms with Crippen molar-refractivity contribution < 1.29 is 0 Å². The van der Waals surface area contributed by atoms with Crippen LogP contribution in [-0.4, -0.2) is 13.4 Å². The average molecular weight is 150 g/mol. The smallest absolute Gasteiger partial charge is 0.320 e. The van der Waals surface area contributed by atoms with Crippen LogP contribution in [0.25, 0.3) is 0 Å². The molecule has 1 saturated carbocycles. The Morgan fingerprint density at radius 1 is 1.55 bits per heavy atom. The van der Waals surface area contributed by atoms with E-state index in [2.05, 4.69) is 22.6 Å². The molecule has 2 atom stereocenters. The van der Waals surface area contributed by atoms with Gasteiger partial charge in [-0.1, -0.05) is 13.3 Å². The summed E-state index contributed by atoms with van der Waals surface area (Å²) in [5.41, 5.74) is 3.07. The Hall–Kier alpha value is -0.505. The summed E-state index contributed by atoms with van der Waals surface area (Å²) in [6, 6.07) is 0. The molecule has 1 aliphatic heterocycles. The maximum atomic E-state index is 4.24. The van der Waals surface area contributed by atoms with Crippen LogP contribution in [0.4, 0.5) is 0 Å². The van der Waals surface area contributed by atoms with Crippen LogP contribution < -0.4 is 10.8 Å². The monoisotopic (exact) mass is 150 g/mol. The molecule has 0 amide bonds. The number of hydrogen-bond donors (Lipinski definition) is 2. The van der Waals surface area contributed by atoms with Crippen LogP contribution in [0.5, 0.6) is 0 Å². The van der Waals surface area contributed by atoms with Crippen molar-refractivity contribution in [3.63, 3.8) is 0 Å². The second-order valence-corrected chi connectivity index (χ2v) is 3.43. The number of nitrogens with one attached hydrogen (secondary N) is 2. The Morgan fingerprint density at radius 3 is 3.00 bits per heavy atom. The Bertz CT molecular complexity index is 181. The predicted octanol–water partition coefficient (Wildman–Crippen LogP) is 0.463. The van der Waals surface area contributed by atoms with Crippen LogP contribution in [0.2, 0.25) is 0 Å². The number of rotatable bonds is 1. The second-order valence-electron chi connectivity index (χ2n) is 3.43. The molecule has 1 fully saturated rings. The zero-order chi connectivity index (χ0) is 7.68. The van der Waals surface area contributed by atoms with Gasteiger partial charge in [0, 0.05) is 5.92 Å². The molecule has 3 nitrogen and oxygen atoms in total. The SMILES string of the molecule is CC1CCCC1C1=N[B]NN1. The first-order valence-corrected chi connectivity index (χ1v) is 4.29. The van der Waals surface area contributed by atoms with Crippen LogP contribution >= 0.6 is 0 Å². The van der Waals surface area contributed by atoms with Crippen molar-refractivity contribution in [1.29, 1.82) is 0 Å². The van der Waals surface area contributed by atoms with Gasteiger partial charge in [-0.2, -0.15) is 0 Å². The van der Waals surface area contributed by atoms with Crippen molar-refractivity contribution >= 4 is 13.4 Å². The van der Waals surface area contributed by atoms with Crippen LogP contribution in [0.1, 0.15) is 26.2 Å². The largest absolute Gasteiger partial charge is 0.391 e. The van der Waals surface area contributed by atoms with Gasteiger partial charge in [-0.15, -0.1) is 0 Å². The fourth-order valence-corrected chi connectivity index (χ4v) is 1.98. The number of hydrogen-bond acceptors (Lipinski definition) is 3. The summed E-state index contributed by atoms with van der Waals surface area (Å²) < 4.78 is 0. The minimum Gasteiger partial charge on any atom is -0.320 e. The van der Waals surface area contributed by atoms with E-state index >= 15 is 0 Å². The summed E-state index contributed by atoms with van der Waals surface area (Å²) in [6.45, 7) is 2.31. The van der Waals surface area contributed by atoms with E-state index < -0.39 is 0 Å². The zero-order valence-corrected chi connectivity index (χ0v) is 6.80. The fourth-order valence-electron chi connectivity index (χ4n) is 1.98. The van der Waals surface area contributed by atoms with Crippen LogP contribution in [0.3, 0.4) is 0 Å². The molecule has 2 rings (SSSR count). The normalized spacial score (nSPS) is 36.3. The minimum atomic E-state index is 0.668. The van der Waals surface area contributed by atoms with E-state index in [0.29, 0.717) is 5.92 Å². The molecule has 2 N–H and O–H groups in total. The number of nitrogens with zero attached hydrogens (tertiary/aromatic N) is 1. The van der Waals surface area contributed by atoms with Crippen LogP contribution in [0, 0.1) is 11.8 Å². The quantitative estimate of drug-likeness (QED) is 0.533. The van der Waals surface area contributed by atoms with Gasteiger partial charge in [-0.3, -0.25) is 5.34 Å². The van der Waals surface area contributed by atoms with Gasteiger partial charge in [0.15, 0.2) is 0 Å². The zero-order valence-electron chi connectivity index (χ0n) is 6.80. The number of amidine groups is 1. The lowest BCUT2D eigenvalue weighted by atomic mass is 9.97. The van der Waals surface area contributed by atoms with Gasteiger partial charge < -0.3 is 10.3 Å². The molecule has 0 spiro atoms. The van der Waals surface area contributed by atoms with E-state index in [1.54, 1.807) is 7.55 Å². The van der Waals surface area contributed by atoms with Crippen molar-refractivity contribution in [3.05, 3.63) is 0 Å². The highest BCUT2D eigenvalue weighted by Crippen LogP contribution is 2.31. The first-order chi connectivity index (χ1) is 5.38. The molecule has 1 aliphatic carbocycles. The van der Waals surface area contributed by atoms with E-state index in [-0.39, 0.29) is 0 Å². The summed E-state index contributed by atoms with van der Waals surface area (Å²) in [7, 11) is 1.72. The third kappa shape index (κ3) is 1.27. The van der Waals surface area contributed by atoms with Gasteiger partial charge in [0.05, 0.1) is 0 Å². The van der Waals surface area contributed by atoms with Gasteiger partial charge in [-0.05, 0) is 18.8 Å². The fraction of sp³-hybridized carbons (Fsp3) is 0.857. The topological polar surface area (TPSA) is 36.4 Å². The molecule has 0 bridgehead atoms. The molecule has 0 aromatic rings. The lowest BCUT2D eigenvalue weighted by molar-refractivity contribution is 0.519. The van der Waals surface area contributed by atoms with Gasteiger partial charge in [0.1, 0.15) is 5.84 Å². The van der Waals surface area contributed by atoms with Crippen molar-refractivity contribution in [2.75, 3.05) is 0 Å². The summed E-state index contributed by atoms with van der Waals surface area (Å²) in [5.74, 6) is 2.60. The highest BCUT2D eigenvalue weighted by molar-refractivity contribution is 6.35. The average Bonchev–Trinajstić information content (AvgIpc) is 2.55. The summed E-state index contributed by atoms with van der Waals surface area (Å²) in [5, 5.41) is 2.89. The van der Waals surface area contributed by atoms with E-state index in [9.17, 15) is 0 Å². The highest BCUT2D eigenvalue weighted by atomic mass is 15.4. The lowest BCUT2D eigenvalue weighted by Crippen LogP contribution is -2.36. The predicted molar refractivity (Wildman–Crippen MR) is 46.0 cm³/mol. The first-order valence-electron chi connectivity index (χ1n) is 4.29. The molecule has 11 heavy (non-hydrogen) atoms. The van der Waals surface area contributed by atoms with Gasteiger partial charge in [-0.25, -0.2) is 0 Å². The van der Waals surface area contributed by atoms with Crippen molar-refractivity contribution in [2.24, 2.45) is 16.7 Å². The standard InChI is InChI=1S/C7H13BN3/c1-5-3-2-4-6(5)7-9-8-11-10-7/h5-6,11H,2-4H2,1H3,(H,9,10). The Morgan fingerprint density at radius 2 is 2.45 bits per heavy atom. The van der Waals surface area contributed by atoms with Gasteiger partial charge in [0.25, 0.3) is 0 Å². The Kier molecular flexibility index (Phi) is 1.86. The van der Waals surface area contributed by atoms with Crippen molar-refractivity contribution in [3.8, 4) is 0 Å². The molecule has 1 radical (unpaired) electrons. The lowest BCUT2D eigenvalue weighted by Gasteiger charge is -2.15.